The number of benzene rings is 1. The first-order valence-electron chi connectivity index (χ1n) is 7.13. The summed E-state index contributed by atoms with van der Waals surface area (Å²) in [5.74, 6) is -0.894. The lowest BCUT2D eigenvalue weighted by molar-refractivity contribution is -0.111. The molecule has 0 aliphatic rings. The number of nitriles is 1. The van der Waals surface area contributed by atoms with E-state index in [-0.39, 0.29) is 11.5 Å². The summed E-state index contributed by atoms with van der Waals surface area (Å²) in [6, 6.07) is 9.74. The van der Waals surface area contributed by atoms with Crippen LogP contribution in [0, 0.1) is 25.2 Å². The maximum atomic E-state index is 12.1. The molecule has 0 saturated heterocycles. The van der Waals surface area contributed by atoms with Crippen LogP contribution in [0.1, 0.15) is 31.9 Å². The van der Waals surface area contributed by atoms with Gasteiger partial charge in [-0.2, -0.15) is 5.26 Å². The van der Waals surface area contributed by atoms with Crippen molar-refractivity contribution in [2.24, 2.45) is 0 Å². The molecule has 0 radical (unpaired) electrons. The van der Waals surface area contributed by atoms with E-state index in [0.29, 0.717) is 15.4 Å². The van der Waals surface area contributed by atoms with E-state index in [0.717, 1.165) is 22.5 Å². The molecule has 0 bridgehead atoms. The van der Waals surface area contributed by atoms with Crippen LogP contribution in [0.5, 0.6) is 0 Å². The van der Waals surface area contributed by atoms with Crippen LogP contribution in [0.15, 0.2) is 30.3 Å². The number of esters is 1. The molecule has 5 nitrogen and oxygen atoms in total. The topological polar surface area (TPSA) is 79.2 Å². The molecule has 2 rings (SSSR count). The van der Waals surface area contributed by atoms with E-state index in [1.165, 1.54) is 13.2 Å². The highest BCUT2D eigenvalue weighted by molar-refractivity contribution is 7.18. The Balaban J connectivity index is 2.18. The predicted octanol–water partition coefficient (Wildman–Crippen LogP) is 3.68. The van der Waals surface area contributed by atoms with Crippen molar-refractivity contribution in [2.45, 2.75) is 13.8 Å². The van der Waals surface area contributed by atoms with Crippen LogP contribution in [0.25, 0.3) is 6.08 Å². The number of aryl methyl sites for hydroxylation is 1. The van der Waals surface area contributed by atoms with Crippen molar-refractivity contribution in [3.63, 3.8) is 0 Å². The number of hydrogen-bond donors (Lipinski definition) is 1. The van der Waals surface area contributed by atoms with Gasteiger partial charge in [-0.05, 0) is 31.1 Å². The summed E-state index contributed by atoms with van der Waals surface area (Å²) in [4.78, 5) is 24.1. The summed E-state index contributed by atoms with van der Waals surface area (Å²) >= 11 is 1.03. The number of anilines is 1. The lowest BCUT2D eigenvalue weighted by Crippen LogP contribution is -2.07. The first kappa shape index (κ1) is 17.4. The second-order valence-corrected chi connectivity index (χ2v) is 6.12. The van der Waals surface area contributed by atoms with Gasteiger partial charge in [-0.25, -0.2) is 4.79 Å². The van der Waals surface area contributed by atoms with Crippen molar-refractivity contribution >= 4 is 34.3 Å². The third kappa shape index (κ3) is 3.89. The molecular weight excluding hydrogens is 324 g/mol. The Morgan fingerprint density at radius 1 is 1.25 bits per heavy atom. The monoisotopic (exact) mass is 340 g/mol. The summed E-state index contributed by atoms with van der Waals surface area (Å²) < 4.78 is 4.69. The maximum absolute atomic E-state index is 12.1. The predicted molar refractivity (Wildman–Crippen MR) is 94.0 cm³/mol. The van der Waals surface area contributed by atoms with Gasteiger partial charge in [0.25, 0.3) is 0 Å². The molecule has 24 heavy (non-hydrogen) atoms. The van der Waals surface area contributed by atoms with Gasteiger partial charge in [-0.15, -0.1) is 11.3 Å². The highest BCUT2D eigenvalue weighted by Gasteiger charge is 2.21. The Morgan fingerprint density at radius 3 is 2.50 bits per heavy atom. The Labute approximate surface area is 144 Å². The van der Waals surface area contributed by atoms with Gasteiger partial charge in [0, 0.05) is 6.08 Å². The van der Waals surface area contributed by atoms with Gasteiger partial charge in [0.1, 0.15) is 15.9 Å². The quantitative estimate of drug-likeness (QED) is 0.680. The van der Waals surface area contributed by atoms with Crippen molar-refractivity contribution < 1.29 is 14.3 Å². The number of nitrogens with one attached hydrogen (secondary N) is 1. The molecule has 1 aromatic heterocycles. The normalized spacial score (nSPS) is 10.4. The zero-order chi connectivity index (χ0) is 17.7. The minimum atomic E-state index is -0.523. The van der Waals surface area contributed by atoms with Crippen molar-refractivity contribution in [3.8, 4) is 6.07 Å². The molecule has 0 unspecified atom stereocenters. The van der Waals surface area contributed by atoms with Gasteiger partial charge in [-0.1, -0.05) is 29.8 Å². The van der Waals surface area contributed by atoms with E-state index < -0.39 is 5.97 Å². The molecule has 122 valence electrons. The van der Waals surface area contributed by atoms with Crippen molar-refractivity contribution in [3.05, 3.63) is 57.5 Å². The smallest absolute Gasteiger partial charge is 0.348 e. The molecule has 1 aromatic carbocycles. The number of thiophene rings is 1. The molecule has 2 aromatic rings. The number of carbonyl (C=O) groups is 2. The number of nitrogens with zero attached hydrogens (tertiary/aromatic N) is 1. The van der Waals surface area contributed by atoms with Gasteiger partial charge in [0.05, 0.1) is 12.7 Å². The fraction of sp³-hybridized carbons (Fsp3) is 0.167. The summed E-state index contributed by atoms with van der Waals surface area (Å²) in [5, 5.41) is 12.2. The number of rotatable bonds is 4. The van der Waals surface area contributed by atoms with Gasteiger partial charge >= 0.3 is 5.97 Å². The summed E-state index contributed by atoms with van der Waals surface area (Å²) in [5.41, 5.74) is 2.82. The Morgan fingerprint density at radius 2 is 1.92 bits per heavy atom. The molecule has 0 spiro atoms. The number of ether oxygens (including phenoxy) is 1. The highest BCUT2D eigenvalue weighted by atomic mass is 32.1. The van der Waals surface area contributed by atoms with E-state index in [1.54, 1.807) is 13.0 Å². The van der Waals surface area contributed by atoms with E-state index in [9.17, 15) is 14.9 Å². The van der Waals surface area contributed by atoms with Gasteiger partial charge < -0.3 is 10.1 Å². The third-order valence-corrected chi connectivity index (χ3v) is 4.56. The van der Waals surface area contributed by atoms with Crippen LogP contribution < -0.4 is 5.32 Å². The Hall–Kier alpha value is -2.91. The fourth-order valence-electron chi connectivity index (χ4n) is 2.03. The second kappa shape index (κ2) is 7.57. The molecule has 1 heterocycles. The lowest BCUT2D eigenvalue weighted by Gasteiger charge is -1.99. The van der Waals surface area contributed by atoms with E-state index in [4.69, 9.17) is 0 Å². The summed E-state index contributed by atoms with van der Waals surface area (Å²) in [7, 11) is 1.27. The lowest BCUT2D eigenvalue weighted by atomic mass is 10.1. The van der Waals surface area contributed by atoms with E-state index in [1.807, 2.05) is 37.3 Å². The first-order chi connectivity index (χ1) is 11.5. The summed E-state index contributed by atoms with van der Waals surface area (Å²) in [6.07, 6.45) is 3.07. The molecule has 0 saturated carbocycles. The number of methoxy groups -OCH3 is 1. The zero-order valence-corrected chi connectivity index (χ0v) is 14.4. The van der Waals surface area contributed by atoms with Gasteiger partial charge in [0.15, 0.2) is 0 Å². The Bertz CT molecular complexity index is 842. The van der Waals surface area contributed by atoms with Crippen LogP contribution >= 0.6 is 11.3 Å². The standard InChI is InChI=1S/C18H16N2O3S/c1-11-4-6-13(7-5-11)8-9-15(21)20-17-14(10-19)12(2)16(24-17)18(22)23-3/h4-9H,1-3H3,(H,20,21)/b9-8+. The second-order valence-electron chi connectivity index (χ2n) is 5.10. The number of amides is 1. The van der Waals surface area contributed by atoms with E-state index in [2.05, 4.69) is 10.1 Å². The van der Waals surface area contributed by atoms with Crippen LogP contribution in [0.4, 0.5) is 5.00 Å². The minimum Gasteiger partial charge on any atom is -0.465 e. The van der Waals surface area contributed by atoms with Gasteiger partial charge in [-0.3, -0.25) is 4.79 Å². The maximum Gasteiger partial charge on any atom is 0.348 e. The third-order valence-electron chi connectivity index (χ3n) is 3.37. The Kier molecular flexibility index (Phi) is 5.51. The first-order valence-corrected chi connectivity index (χ1v) is 7.95. The molecule has 0 fully saturated rings. The average molecular weight is 340 g/mol. The number of carbonyl (C=O) groups excluding carboxylic acids is 2. The summed E-state index contributed by atoms with van der Waals surface area (Å²) in [6.45, 7) is 3.64. The SMILES string of the molecule is COC(=O)c1sc(NC(=O)/C=C/c2ccc(C)cc2)c(C#N)c1C. The molecule has 0 aliphatic heterocycles. The van der Waals surface area contributed by atoms with E-state index >= 15 is 0 Å². The van der Waals surface area contributed by atoms with Crippen molar-refractivity contribution in [2.75, 3.05) is 12.4 Å². The van der Waals surface area contributed by atoms with Crippen LogP contribution in [0.3, 0.4) is 0 Å². The molecule has 0 atom stereocenters. The zero-order valence-electron chi connectivity index (χ0n) is 13.5. The number of hydrogen-bond acceptors (Lipinski definition) is 5. The molecule has 6 heteroatoms. The molecule has 1 N–H and O–H groups in total. The average Bonchev–Trinajstić information content (AvgIpc) is 2.89. The fourth-order valence-corrected chi connectivity index (χ4v) is 3.10. The largest absolute Gasteiger partial charge is 0.465 e. The molecular formula is C18H16N2O3S. The van der Waals surface area contributed by atoms with Crippen molar-refractivity contribution in [1.29, 1.82) is 5.26 Å². The van der Waals surface area contributed by atoms with Gasteiger partial charge in [0.2, 0.25) is 5.91 Å². The van der Waals surface area contributed by atoms with Crippen LogP contribution in [-0.4, -0.2) is 19.0 Å². The molecule has 1 amide bonds. The van der Waals surface area contributed by atoms with Crippen molar-refractivity contribution in [1.82, 2.24) is 0 Å². The minimum absolute atomic E-state index is 0.275. The van der Waals surface area contributed by atoms with Crippen LogP contribution in [-0.2, 0) is 9.53 Å². The van der Waals surface area contributed by atoms with Crippen LogP contribution in [0.2, 0.25) is 0 Å². The molecule has 0 aliphatic carbocycles. The highest BCUT2D eigenvalue weighted by Crippen LogP contribution is 2.32.